The third-order valence-electron chi connectivity index (χ3n) is 1.54. The van der Waals surface area contributed by atoms with E-state index in [1.54, 1.807) is 20.8 Å². The van der Waals surface area contributed by atoms with Crippen molar-refractivity contribution in [3.8, 4) is 0 Å². The number of rotatable bonds is 4. The van der Waals surface area contributed by atoms with Gasteiger partial charge in [0.25, 0.3) is 0 Å². The van der Waals surface area contributed by atoms with Crippen molar-refractivity contribution in [1.29, 1.82) is 0 Å². The fraction of sp³-hybridized carbons (Fsp3) is 0.875. The van der Waals surface area contributed by atoms with Gasteiger partial charge in [0.2, 0.25) is 0 Å². The molecule has 4 heteroatoms. The van der Waals surface area contributed by atoms with E-state index in [2.05, 4.69) is 0 Å². The average Bonchev–Trinajstić information content (AvgIpc) is 1.81. The summed E-state index contributed by atoms with van der Waals surface area (Å²) in [4.78, 5) is 10.4. The molecule has 0 heterocycles. The minimum Gasteiger partial charge on any atom is -0.444 e. The Labute approximate surface area is 72.7 Å². The summed E-state index contributed by atoms with van der Waals surface area (Å²) in [7, 11) is 0. The molecule has 12 heavy (non-hydrogen) atoms. The minimum atomic E-state index is -0.773. The molecule has 0 bridgehead atoms. The number of hydrogen-bond acceptors (Lipinski definition) is 3. The van der Waals surface area contributed by atoms with Crippen LogP contribution in [-0.2, 0) is 4.74 Å². The van der Waals surface area contributed by atoms with Gasteiger partial charge in [-0.15, -0.1) is 0 Å². The second kappa shape index (κ2) is 4.30. The molecule has 0 aliphatic carbocycles. The van der Waals surface area contributed by atoms with Crippen LogP contribution in [0.15, 0.2) is 0 Å². The molecule has 0 radical (unpaired) electrons. The molecular formula is C8H17NO3. The van der Waals surface area contributed by atoms with Crippen LogP contribution in [0.25, 0.3) is 0 Å². The number of aliphatic hydroxyl groups excluding tert-OH is 1. The molecule has 1 amide bonds. The molecular weight excluding hydrogens is 158 g/mol. The Morgan fingerprint density at radius 2 is 2.17 bits per heavy atom. The highest BCUT2D eigenvalue weighted by atomic mass is 16.6. The van der Waals surface area contributed by atoms with Crippen molar-refractivity contribution >= 4 is 6.09 Å². The van der Waals surface area contributed by atoms with Crippen LogP contribution in [0.4, 0.5) is 4.79 Å². The third kappa shape index (κ3) is 5.97. The van der Waals surface area contributed by atoms with E-state index in [1.165, 1.54) is 0 Å². The first-order chi connectivity index (χ1) is 5.33. The van der Waals surface area contributed by atoms with Gasteiger partial charge in [0.1, 0.15) is 5.60 Å². The Kier molecular flexibility index (Phi) is 4.03. The van der Waals surface area contributed by atoms with E-state index in [-0.39, 0.29) is 6.10 Å². The van der Waals surface area contributed by atoms with Gasteiger partial charge in [-0.1, -0.05) is 0 Å². The third-order valence-corrected chi connectivity index (χ3v) is 1.54. The van der Waals surface area contributed by atoms with E-state index in [0.29, 0.717) is 12.8 Å². The number of hydrogen-bond donors (Lipinski definition) is 2. The van der Waals surface area contributed by atoms with E-state index in [4.69, 9.17) is 15.6 Å². The zero-order valence-corrected chi connectivity index (χ0v) is 7.83. The van der Waals surface area contributed by atoms with Gasteiger partial charge in [0.15, 0.2) is 0 Å². The van der Waals surface area contributed by atoms with Crippen LogP contribution < -0.4 is 5.73 Å². The summed E-state index contributed by atoms with van der Waals surface area (Å²) in [5, 5.41) is 8.98. The Morgan fingerprint density at radius 1 is 1.67 bits per heavy atom. The van der Waals surface area contributed by atoms with Crippen LogP contribution in [0.3, 0.4) is 0 Å². The normalized spacial score (nSPS) is 14.0. The lowest BCUT2D eigenvalue weighted by atomic mass is 10.0. The van der Waals surface area contributed by atoms with Crippen molar-refractivity contribution in [3.63, 3.8) is 0 Å². The molecule has 0 aromatic carbocycles. The number of primary amides is 1. The van der Waals surface area contributed by atoms with Crippen LogP contribution >= 0.6 is 0 Å². The van der Waals surface area contributed by atoms with Gasteiger partial charge in [-0.25, -0.2) is 4.79 Å². The smallest absolute Gasteiger partial charge is 0.405 e. The molecule has 3 N–H and O–H groups in total. The summed E-state index contributed by atoms with van der Waals surface area (Å²) < 4.78 is 4.82. The van der Waals surface area contributed by atoms with Gasteiger partial charge < -0.3 is 15.6 Å². The van der Waals surface area contributed by atoms with Gasteiger partial charge in [-0.2, -0.15) is 0 Å². The van der Waals surface area contributed by atoms with E-state index < -0.39 is 11.7 Å². The second-order valence-electron chi connectivity index (χ2n) is 3.57. The highest BCUT2D eigenvalue weighted by molar-refractivity contribution is 5.65. The number of carbonyl (C=O) groups is 1. The zero-order valence-electron chi connectivity index (χ0n) is 7.83. The number of ether oxygens (including phenoxy) is 1. The van der Waals surface area contributed by atoms with E-state index in [0.717, 1.165) is 0 Å². The molecule has 0 spiro atoms. The fourth-order valence-electron chi connectivity index (χ4n) is 0.880. The molecule has 72 valence electrons. The fourth-order valence-corrected chi connectivity index (χ4v) is 0.880. The first-order valence-corrected chi connectivity index (χ1v) is 4.00. The van der Waals surface area contributed by atoms with Crippen molar-refractivity contribution in [3.05, 3.63) is 0 Å². The van der Waals surface area contributed by atoms with Gasteiger partial charge in [0.05, 0.1) is 6.10 Å². The Morgan fingerprint density at radius 3 is 2.50 bits per heavy atom. The molecule has 0 fully saturated rings. The van der Waals surface area contributed by atoms with E-state index >= 15 is 0 Å². The maximum absolute atomic E-state index is 10.4. The maximum Gasteiger partial charge on any atom is 0.405 e. The summed E-state index contributed by atoms with van der Waals surface area (Å²) in [5.74, 6) is 0. The largest absolute Gasteiger partial charge is 0.444 e. The average molecular weight is 175 g/mol. The summed E-state index contributed by atoms with van der Waals surface area (Å²) >= 11 is 0. The summed E-state index contributed by atoms with van der Waals surface area (Å²) in [6, 6.07) is 0. The standard InChI is InChI=1S/C8H17NO3/c1-6(10)4-5-8(2,3)12-7(9)11/h6,10H,4-5H2,1-3H3,(H2,9,11). The number of carbonyl (C=O) groups excluding carboxylic acids is 1. The van der Waals surface area contributed by atoms with Gasteiger partial charge >= 0.3 is 6.09 Å². The topological polar surface area (TPSA) is 72.6 Å². The molecule has 0 rings (SSSR count). The lowest BCUT2D eigenvalue weighted by Gasteiger charge is -2.24. The lowest BCUT2D eigenvalue weighted by molar-refractivity contribution is 0.0275. The second-order valence-corrected chi connectivity index (χ2v) is 3.57. The van der Waals surface area contributed by atoms with Crippen LogP contribution in [0.1, 0.15) is 33.6 Å². The van der Waals surface area contributed by atoms with Crippen LogP contribution in [0.2, 0.25) is 0 Å². The van der Waals surface area contributed by atoms with E-state index in [1.807, 2.05) is 0 Å². The molecule has 0 saturated carbocycles. The van der Waals surface area contributed by atoms with Crippen molar-refractivity contribution < 1.29 is 14.6 Å². The predicted molar refractivity (Wildman–Crippen MR) is 45.7 cm³/mol. The predicted octanol–water partition coefficient (Wildman–Crippen LogP) is 1.02. The van der Waals surface area contributed by atoms with Crippen LogP contribution in [0.5, 0.6) is 0 Å². The Bertz CT molecular complexity index is 154. The first kappa shape index (κ1) is 11.2. The Hall–Kier alpha value is -0.770. The first-order valence-electron chi connectivity index (χ1n) is 4.00. The van der Waals surface area contributed by atoms with Gasteiger partial charge in [-0.05, 0) is 33.6 Å². The maximum atomic E-state index is 10.4. The SMILES string of the molecule is CC(O)CCC(C)(C)OC(N)=O. The summed E-state index contributed by atoms with van der Waals surface area (Å²) in [6.07, 6.45) is 0.0554. The highest BCUT2D eigenvalue weighted by Crippen LogP contribution is 2.17. The molecule has 1 atom stereocenters. The Balaban J connectivity index is 3.78. The van der Waals surface area contributed by atoms with Crippen molar-refractivity contribution in [1.82, 2.24) is 0 Å². The highest BCUT2D eigenvalue weighted by Gasteiger charge is 2.21. The quantitative estimate of drug-likeness (QED) is 0.670. The minimum absolute atomic E-state index is 0.374. The monoisotopic (exact) mass is 175 g/mol. The number of amides is 1. The molecule has 0 aromatic rings. The van der Waals surface area contributed by atoms with Crippen LogP contribution in [0, 0.1) is 0 Å². The van der Waals surface area contributed by atoms with Crippen molar-refractivity contribution in [2.75, 3.05) is 0 Å². The van der Waals surface area contributed by atoms with Crippen LogP contribution in [-0.4, -0.2) is 22.9 Å². The molecule has 0 aromatic heterocycles. The van der Waals surface area contributed by atoms with Crippen molar-refractivity contribution in [2.45, 2.75) is 45.3 Å². The summed E-state index contributed by atoms with van der Waals surface area (Å²) in [5.41, 5.74) is 4.28. The molecule has 4 nitrogen and oxygen atoms in total. The summed E-state index contributed by atoms with van der Waals surface area (Å²) in [6.45, 7) is 5.22. The molecule has 0 aliphatic heterocycles. The van der Waals surface area contributed by atoms with Gasteiger partial charge in [0, 0.05) is 0 Å². The van der Waals surface area contributed by atoms with Gasteiger partial charge in [-0.3, -0.25) is 0 Å². The molecule has 1 unspecified atom stereocenters. The molecule has 0 saturated heterocycles. The van der Waals surface area contributed by atoms with Crippen molar-refractivity contribution in [2.24, 2.45) is 5.73 Å². The van der Waals surface area contributed by atoms with E-state index in [9.17, 15) is 4.79 Å². The zero-order chi connectivity index (χ0) is 9.78. The molecule has 0 aliphatic rings. The number of aliphatic hydroxyl groups is 1. The lowest BCUT2D eigenvalue weighted by Crippen LogP contribution is -2.31. The number of nitrogens with two attached hydrogens (primary N) is 1.